The van der Waals surface area contributed by atoms with Crippen molar-refractivity contribution in [1.29, 1.82) is 0 Å². The van der Waals surface area contributed by atoms with Gasteiger partial charge in [0.1, 0.15) is 30.7 Å². The van der Waals surface area contributed by atoms with E-state index in [-0.39, 0.29) is 13.2 Å². The molecule has 1 aliphatic rings. The maximum absolute atomic E-state index is 10.7. The van der Waals surface area contributed by atoms with Gasteiger partial charge in [-0.05, 0) is 63.4 Å². The first-order valence-corrected chi connectivity index (χ1v) is 12.9. The third-order valence-electron chi connectivity index (χ3n) is 6.25. The predicted octanol–water partition coefficient (Wildman–Crippen LogP) is 2.07. The normalized spacial score (nSPS) is 22.6. The highest BCUT2D eigenvalue weighted by Gasteiger charge is 2.38. The van der Waals surface area contributed by atoms with Gasteiger partial charge in [0.2, 0.25) is 0 Å². The van der Waals surface area contributed by atoms with Crippen LogP contribution in [-0.2, 0) is 15.9 Å². The van der Waals surface area contributed by atoms with Gasteiger partial charge in [-0.1, -0.05) is 38.3 Å². The third-order valence-corrected chi connectivity index (χ3v) is 6.25. The Balaban J connectivity index is 1.84. The van der Waals surface area contributed by atoms with Gasteiger partial charge in [-0.15, -0.1) is 0 Å². The van der Waals surface area contributed by atoms with Crippen LogP contribution < -0.4 is 10.5 Å². The van der Waals surface area contributed by atoms with E-state index in [9.17, 15) is 15.3 Å². The van der Waals surface area contributed by atoms with Gasteiger partial charge >= 0.3 is 0 Å². The van der Waals surface area contributed by atoms with Crippen LogP contribution in [0.1, 0.15) is 57.9 Å². The number of aryl methyl sites for hydroxylation is 1. The quantitative estimate of drug-likeness (QED) is 0.249. The van der Waals surface area contributed by atoms with Crippen molar-refractivity contribution in [2.75, 3.05) is 39.4 Å². The number of hydrogen-bond acceptors (Lipinski definition) is 8. The zero-order valence-electron chi connectivity index (χ0n) is 21.0. The Morgan fingerprint density at radius 2 is 1.85 bits per heavy atom. The minimum atomic E-state index is -1.20. The Hall–Kier alpha value is -1.26. The molecule has 0 bridgehead atoms. The van der Waals surface area contributed by atoms with Gasteiger partial charge in [0, 0.05) is 13.1 Å². The third kappa shape index (κ3) is 10.6. The average Bonchev–Trinajstić information content (AvgIpc) is 2.83. The molecule has 0 amide bonds. The summed E-state index contributed by atoms with van der Waals surface area (Å²) in [5, 5.41) is 31.5. The molecule has 1 saturated heterocycles. The van der Waals surface area contributed by atoms with Crippen molar-refractivity contribution in [3.8, 4) is 5.75 Å². The Morgan fingerprint density at radius 1 is 1.09 bits per heavy atom. The van der Waals surface area contributed by atoms with Crippen molar-refractivity contribution < 1.29 is 29.5 Å². The lowest BCUT2D eigenvalue weighted by Crippen LogP contribution is -2.55. The van der Waals surface area contributed by atoms with Gasteiger partial charge in [0.25, 0.3) is 0 Å². The minimum Gasteiger partial charge on any atom is -0.492 e. The first kappa shape index (κ1) is 29.0. The van der Waals surface area contributed by atoms with Crippen LogP contribution in [0.5, 0.6) is 5.75 Å². The van der Waals surface area contributed by atoms with Crippen LogP contribution in [0.4, 0.5) is 0 Å². The number of nitrogens with two attached hydrogens (primary N) is 1. The molecule has 196 valence electrons. The maximum Gasteiger partial charge on any atom is 0.155 e. The highest BCUT2D eigenvalue weighted by atomic mass is 16.7. The molecule has 8 nitrogen and oxygen atoms in total. The second-order valence-electron chi connectivity index (χ2n) is 9.23. The number of unbranched alkanes of at least 4 members (excludes halogenated alkanes) is 4. The van der Waals surface area contributed by atoms with Gasteiger partial charge in [-0.2, -0.15) is 0 Å². The van der Waals surface area contributed by atoms with Crippen molar-refractivity contribution in [3.63, 3.8) is 0 Å². The molecule has 1 aromatic rings. The maximum atomic E-state index is 10.7. The lowest BCUT2D eigenvalue weighted by Gasteiger charge is -2.37. The monoisotopic (exact) mass is 482 g/mol. The summed E-state index contributed by atoms with van der Waals surface area (Å²) < 4.78 is 16.7. The molecule has 5 N–H and O–H groups in total. The number of hydrogen-bond donors (Lipinski definition) is 4. The molecule has 5 atom stereocenters. The molecular formula is C26H46N2O6. The molecule has 1 heterocycles. The fraction of sp³-hybridized carbons (Fsp3) is 0.769. The second-order valence-corrected chi connectivity index (χ2v) is 9.23. The molecule has 1 unspecified atom stereocenters. The largest absolute Gasteiger partial charge is 0.492 e. The summed E-state index contributed by atoms with van der Waals surface area (Å²) in [6, 6.07) is 8.17. The van der Waals surface area contributed by atoms with Gasteiger partial charge in [0.05, 0.1) is 12.7 Å². The van der Waals surface area contributed by atoms with E-state index in [1.807, 2.05) is 12.1 Å². The van der Waals surface area contributed by atoms with Crippen LogP contribution in [0, 0.1) is 0 Å². The molecule has 0 saturated carbocycles. The average molecular weight is 483 g/mol. The lowest BCUT2D eigenvalue weighted by molar-refractivity contribution is -0.272. The van der Waals surface area contributed by atoms with Crippen molar-refractivity contribution in [2.24, 2.45) is 5.73 Å². The van der Waals surface area contributed by atoms with Gasteiger partial charge in [-0.3, -0.25) is 4.90 Å². The number of nitrogens with zero attached hydrogens (tertiary/aromatic N) is 1. The molecule has 1 fully saturated rings. The summed E-state index contributed by atoms with van der Waals surface area (Å²) in [7, 11) is 0. The smallest absolute Gasteiger partial charge is 0.155 e. The van der Waals surface area contributed by atoms with E-state index in [0.717, 1.165) is 57.4 Å². The first-order valence-electron chi connectivity index (χ1n) is 12.9. The van der Waals surface area contributed by atoms with E-state index in [2.05, 4.69) is 24.0 Å². The van der Waals surface area contributed by atoms with E-state index < -0.39 is 30.7 Å². The van der Waals surface area contributed by atoms with E-state index in [0.29, 0.717) is 13.2 Å². The molecule has 1 aromatic carbocycles. The molecule has 1 aliphatic heterocycles. The van der Waals surface area contributed by atoms with E-state index in [1.54, 1.807) is 6.92 Å². The first-order chi connectivity index (χ1) is 16.4. The van der Waals surface area contributed by atoms with Crippen molar-refractivity contribution >= 4 is 0 Å². The number of aliphatic hydroxyl groups is 3. The van der Waals surface area contributed by atoms with Crippen LogP contribution in [0.3, 0.4) is 0 Å². The standard InChI is InChI=1S/C26H46N2O6/c1-3-4-5-8-15-28(18-23(29)25(31)26-24(30)19-33-20(2)34-26)16-17-32-22-12-10-21(11-13-22)9-6-7-14-27/h10-13,20,23-26,29-31H,3-9,14-19,27H2,1-2H3/t20?,23-,24+,25+,26+/m0/s1. The fourth-order valence-electron chi connectivity index (χ4n) is 4.15. The number of rotatable bonds is 17. The fourth-order valence-corrected chi connectivity index (χ4v) is 4.15. The Labute approximate surface area is 205 Å². The zero-order chi connectivity index (χ0) is 24.8. The Kier molecular flexibility index (Phi) is 14.0. The van der Waals surface area contributed by atoms with Crippen LogP contribution in [0.2, 0.25) is 0 Å². The number of benzene rings is 1. The van der Waals surface area contributed by atoms with Crippen molar-refractivity contribution in [2.45, 2.75) is 89.5 Å². The topological polar surface area (TPSA) is 118 Å². The molecule has 34 heavy (non-hydrogen) atoms. The number of aliphatic hydroxyl groups excluding tert-OH is 3. The highest BCUT2D eigenvalue weighted by molar-refractivity contribution is 5.27. The molecule has 0 aromatic heterocycles. The van der Waals surface area contributed by atoms with E-state index >= 15 is 0 Å². The van der Waals surface area contributed by atoms with Gasteiger partial charge < -0.3 is 35.3 Å². The molecular weight excluding hydrogens is 436 g/mol. The van der Waals surface area contributed by atoms with Crippen LogP contribution in [-0.4, -0.2) is 90.3 Å². The Morgan fingerprint density at radius 3 is 2.56 bits per heavy atom. The second kappa shape index (κ2) is 16.4. The molecule has 8 heteroatoms. The minimum absolute atomic E-state index is 0.0794. The SMILES string of the molecule is CCCCCCN(CCOc1ccc(CCCCN)cc1)C[C@H](O)[C@@H](O)[C@@H]1OC(C)OC[C@H]1O. The molecule has 0 aliphatic carbocycles. The van der Waals surface area contributed by atoms with Gasteiger partial charge in [0.15, 0.2) is 6.29 Å². The van der Waals surface area contributed by atoms with Crippen molar-refractivity contribution in [3.05, 3.63) is 29.8 Å². The predicted molar refractivity (Wildman–Crippen MR) is 133 cm³/mol. The number of ether oxygens (including phenoxy) is 3. The summed E-state index contributed by atoms with van der Waals surface area (Å²) >= 11 is 0. The molecule has 0 radical (unpaired) electrons. The van der Waals surface area contributed by atoms with E-state index in [4.69, 9.17) is 19.9 Å². The molecule has 2 rings (SSSR count). The van der Waals surface area contributed by atoms with Crippen LogP contribution >= 0.6 is 0 Å². The zero-order valence-corrected chi connectivity index (χ0v) is 21.0. The summed E-state index contributed by atoms with van der Waals surface area (Å²) in [5.41, 5.74) is 6.84. The van der Waals surface area contributed by atoms with E-state index in [1.165, 1.54) is 12.0 Å². The summed E-state index contributed by atoms with van der Waals surface area (Å²) in [4.78, 5) is 2.11. The summed E-state index contributed by atoms with van der Waals surface area (Å²) in [6.45, 7) is 6.88. The highest BCUT2D eigenvalue weighted by Crippen LogP contribution is 2.19. The summed E-state index contributed by atoms with van der Waals surface area (Å²) in [5.74, 6) is 0.821. The Bertz CT molecular complexity index is 647. The lowest BCUT2D eigenvalue weighted by atomic mass is 10.0. The van der Waals surface area contributed by atoms with Crippen LogP contribution in [0.15, 0.2) is 24.3 Å². The molecule has 0 spiro atoms. The van der Waals surface area contributed by atoms with Crippen LogP contribution in [0.25, 0.3) is 0 Å². The summed E-state index contributed by atoms with van der Waals surface area (Å²) in [6.07, 6.45) is 2.99. The van der Waals surface area contributed by atoms with Crippen molar-refractivity contribution in [1.82, 2.24) is 4.90 Å². The van der Waals surface area contributed by atoms with Gasteiger partial charge in [-0.25, -0.2) is 0 Å².